The number of aliphatic hydroxyl groups is 1. The summed E-state index contributed by atoms with van der Waals surface area (Å²) < 4.78 is 9.69. The first-order valence-corrected chi connectivity index (χ1v) is 13.6. The van der Waals surface area contributed by atoms with Gasteiger partial charge in [-0.1, -0.05) is 54.4 Å². The van der Waals surface area contributed by atoms with Crippen LogP contribution in [0.15, 0.2) is 0 Å². The number of hydrogen-bond donors (Lipinski definition) is 1. The Balaban J connectivity index is 0.000000555. The van der Waals surface area contributed by atoms with Crippen molar-refractivity contribution in [1.82, 2.24) is 0 Å². The smallest absolute Gasteiger partial charge is 0.313 e. The molecular weight excluding hydrogens is 460 g/mol. The summed E-state index contributed by atoms with van der Waals surface area (Å²) >= 11 is 0. The zero-order chi connectivity index (χ0) is 28.0. The van der Waals surface area contributed by atoms with Crippen LogP contribution in [0.3, 0.4) is 0 Å². The van der Waals surface area contributed by atoms with Gasteiger partial charge in [0.1, 0.15) is 30.5 Å². The zero-order valence-corrected chi connectivity index (χ0v) is 24.2. The number of hydrogen-bond acceptors (Lipinski definition) is 7. The molecule has 2 rings (SSSR count). The summed E-state index contributed by atoms with van der Waals surface area (Å²) in [5.41, 5.74) is 0. The van der Waals surface area contributed by atoms with Crippen LogP contribution in [0, 0.1) is 35.5 Å². The Morgan fingerprint density at radius 1 is 0.750 bits per heavy atom. The van der Waals surface area contributed by atoms with E-state index in [1.807, 2.05) is 0 Å². The monoisotopic (exact) mass is 512 g/mol. The highest BCUT2D eigenvalue weighted by Crippen LogP contribution is 2.35. The number of Topliss-reactive ketones (excluding diaryl/α,β-unsaturated/α-hetero) is 2. The SMILES string of the molecule is CC(=O)CC(=O)O[C@@H]1C[C@H](C)CC[C@H]1C(C)C.CC(C)[C@@H]1CC[C@@H](C)C[C@H]1O.COC(=O)CC(C)=O. The maximum Gasteiger partial charge on any atom is 0.313 e. The van der Waals surface area contributed by atoms with Gasteiger partial charge in [-0.25, -0.2) is 0 Å². The second kappa shape index (κ2) is 17.7. The van der Waals surface area contributed by atoms with E-state index in [1.165, 1.54) is 40.2 Å². The van der Waals surface area contributed by atoms with Crippen LogP contribution in [0.25, 0.3) is 0 Å². The van der Waals surface area contributed by atoms with E-state index in [4.69, 9.17) is 4.74 Å². The summed E-state index contributed by atoms with van der Waals surface area (Å²) in [6.45, 7) is 16.0. The molecule has 2 fully saturated rings. The molecule has 0 saturated heterocycles. The van der Waals surface area contributed by atoms with E-state index in [-0.39, 0.29) is 42.6 Å². The number of esters is 2. The van der Waals surface area contributed by atoms with Crippen LogP contribution >= 0.6 is 0 Å². The Morgan fingerprint density at radius 3 is 1.58 bits per heavy atom. The Hall–Kier alpha value is -1.76. The maximum atomic E-state index is 11.6. The lowest BCUT2D eigenvalue weighted by Gasteiger charge is -2.36. The van der Waals surface area contributed by atoms with Crippen molar-refractivity contribution in [2.45, 2.75) is 119 Å². The van der Waals surface area contributed by atoms with Crippen molar-refractivity contribution in [2.24, 2.45) is 35.5 Å². The molecule has 0 amide bonds. The predicted molar refractivity (Wildman–Crippen MR) is 141 cm³/mol. The molecule has 0 aromatic heterocycles. The third kappa shape index (κ3) is 14.7. The largest absolute Gasteiger partial charge is 0.469 e. The summed E-state index contributed by atoms with van der Waals surface area (Å²) in [7, 11) is 1.26. The quantitative estimate of drug-likeness (QED) is 0.352. The van der Waals surface area contributed by atoms with E-state index in [0.717, 1.165) is 25.2 Å². The molecule has 7 heteroatoms. The summed E-state index contributed by atoms with van der Waals surface area (Å²) in [5, 5.41) is 9.71. The van der Waals surface area contributed by atoms with Gasteiger partial charge < -0.3 is 14.6 Å². The first-order valence-electron chi connectivity index (χ1n) is 13.6. The van der Waals surface area contributed by atoms with Gasteiger partial charge in [-0.15, -0.1) is 0 Å². The molecule has 0 aliphatic heterocycles. The van der Waals surface area contributed by atoms with Gasteiger partial charge in [-0.2, -0.15) is 0 Å². The van der Waals surface area contributed by atoms with Gasteiger partial charge in [0.05, 0.1) is 13.2 Å². The second-order valence-electron chi connectivity index (χ2n) is 11.6. The van der Waals surface area contributed by atoms with Gasteiger partial charge in [0.2, 0.25) is 0 Å². The molecule has 2 saturated carbocycles. The van der Waals surface area contributed by atoms with Crippen LogP contribution in [-0.2, 0) is 28.7 Å². The molecule has 6 atom stereocenters. The summed E-state index contributed by atoms with van der Waals surface area (Å²) in [6.07, 6.45) is 6.59. The lowest BCUT2D eigenvalue weighted by atomic mass is 9.75. The van der Waals surface area contributed by atoms with Gasteiger partial charge >= 0.3 is 11.9 Å². The molecule has 0 aromatic carbocycles. The average Bonchev–Trinajstić information content (AvgIpc) is 2.73. The van der Waals surface area contributed by atoms with E-state index in [1.54, 1.807) is 0 Å². The van der Waals surface area contributed by atoms with E-state index in [0.29, 0.717) is 29.6 Å². The fourth-order valence-electron chi connectivity index (χ4n) is 5.09. The van der Waals surface area contributed by atoms with E-state index >= 15 is 0 Å². The molecule has 0 aromatic rings. The van der Waals surface area contributed by atoms with Gasteiger partial charge in [-0.3, -0.25) is 19.2 Å². The molecule has 0 heterocycles. The Bertz CT molecular complexity index is 685. The van der Waals surface area contributed by atoms with Crippen molar-refractivity contribution in [3.63, 3.8) is 0 Å². The standard InChI is InChI=1S/C14H24O3.C10H20O.C5H8O3/c1-9(2)12-6-5-10(3)7-13(12)17-14(16)8-11(4)15;1-7(2)9-5-4-8(3)6-10(9)11;1-4(6)3-5(7)8-2/h9-10,12-13H,5-8H2,1-4H3;7-11H,4-6H2,1-3H3;3H2,1-2H3/t10-,12+,13-;8-,9+,10-;/m11./s1. The minimum absolute atomic E-state index is 0.00519. The predicted octanol–water partition coefficient (Wildman–Crippen LogP) is 5.55. The van der Waals surface area contributed by atoms with Gasteiger partial charge in [0.25, 0.3) is 0 Å². The first kappa shape index (κ1) is 34.2. The Kier molecular flexibility index (Phi) is 16.8. The van der Waals surface area contributed by atoms with Gasteiger partial charge in [0.15, 0.2) is 0 Å². The number of methoxy groups -OCH3 is 1. The average molecular weight is 513 g/mol. The fourth-order valence-corrected chi connectivity index (χ4v) is 5.09. The van der Waals surface area contributed by atoms with Crippen molar-refractivity contribution in [3.05, 3.63) is 0 Å². The van der Waals surface area contributed by atoms with Crippen LogP contribution in [0.4, 0.5) is 0 Å². The van der Waals surface area contributed by atoms with Crippen molar-refractivity contribution in [3.8, 4) is 0 Å². The van der Waals surface area contributed by atoms with Crippen LogP contribution in [0.1, 0.15) is 107 Å². The van der Waals surface area contributed by atoms with Gasteiger partial charge in [0, 0.05) is 0 Å². The van der Waals surface area contributed by atoms with Crippen LogP contribution < -0.4 is 0 Å². The Morgan fingerprint density at radius 2 is 1.19 bits per heavy atom. The number of ether oxygens (including phenoxy) is 2. The van der Waals surface area contributed by atoms with Crippen LogP contribution in [-0.4, -0.2) is 47.9 Å². The molecule has 2 aliphatic carbocycles. The third-order valence-electron chi connectivity index (χ3n) is 7.25. The minimum Gasteiger partial charge on any atom is -0.469 e. The van der Waals surface area contributed by atoms with Crippen molar-refractivity contribution >= 4 is 23.5 Å². The normalized spacial score (nSPS) is 27.7. The summed E-state index contributed by atoms with van der Waals surface area (Å²) in [4.78, 5) is 42.7. The highest BCUT2D eigenvalue weighted by molar-refractivity contribution is 5.94. The van der Waals surface area contributed by atoms with E-state index < -0.39 is 5.97 Å². The highest BCUT2D eigenvalue weighted by Gasteiger charge is 2.33. The Labute approximate surface area is 219 Å². The lowest BCUT2D eigenvalue weighted by molar-refractivity contribution is -0.157. The number of ketones is 2. The topological polar surface area (TPSA) is 107 Å². The van der Waals surface area contributed by atoms with Crippen molar-refractivity contribution in [2.75, 3.05) is 7.11 Å². The fraction of sp³-hybridized carbons (Fsp3) is 0.862. The number of carbonyl (C=O) groups is 4. The maximum absolute atomic E-state index is 11.6. The molecule has 0 bridgehead atoms. The van der Waals surface area contributed by atoms with Crippen LogP contribution in [0.2, 0.25) is 0 Å². The van der Waals surface area contributed by atoms with E-state index in [2.05, 4.69) is 46.3 Å². The third-order valence-corrected chi connectivity index (χ3v) is 7.25. The molecule has 1 N–H and O–H groups in total. The van der Waals surface area contributed by atoms with Crippen molar-refractivity contribution < 1.29 is 33.8 Å². The summed E-state index contributed by atoms with van der Waals surface area (Å²) in [5.74, 6) is 2.40. The molecular formula is C29H52O7. The summed E-state index contributed by atoms with van der Waals surface area (Å²) in [6, 6.07) is 0. The number of aliphatic hydroxyl groups excluding tert-OH is 1. The molecule has 0 radical (unpaired) electrons. The molecule has 36 heavy (non-hydrogen) atoms. The highest BCUT2D eigenvalue weighted by atomic mass is 16.5. The van der Waals surface area contributed by atoms with Crippen molar-refractivity contribution in [1.29, 1.82) is 0 Å². The number of rotatable bonds is 7. The van der Waals surface area contributed by atoms with Gasteiger partial charge in [-0.05, 0) is 75.0 Å². The molecule has 0 spiro atoms. The molecule has 7 nitrogen and oxygen atoms in total. The molecule has 2 aliphatic rings. The lowest BCUT2D eigenvalue weighted by Crippen LogP contribution is -2.36. The molecule has 0 unspecified atom stereocenters. The molecule has 210 valence electrons. The zero-order valence-electron chi connectivity index (χ0n) is 24.2. The first-order chi connectivity index (χ1) is 16.7. The van der Waals surface area contributed by atoms with Crippen LogP contribution in [0.5, 0.6) is 0 Å². The van der Waals surface area contributed by atoms with E-state index in [9.17, 15) is 24.3 Å². The minimum atomic E-state index is -0.475. The second-order valence-corrected chi connectivity index (χ2v) is 11.6. The number of carbonyl (C=O) groups excluding carboxylic acids is 4.